The van der Waals surface area contributed by atoms with Crippen molar-refractivity contribution in [1.82, 2.24) is 4.90 Å². The van der Waals surface area contributed by atoms with Crippen LogP contribution in [0.1, 0.15) is 26.2 Å². The second-order valence-corrected chi connectivity index (χ2v) is 3.66. The van der Waals surface area contributed by atoms with Crippen LogP contribution in [0.3, 0.4) is 0 Å². The molecule has 0 saturated heterocycles. The van der Waals surface area contributed by atoms with Crippen LogP contribution in [0.5, 0.6) is 0 Å². The van der Waals surface area contributed by atoms with Gasteiger partial charge in [0.2, 0.25) is 0 Å². The van der Waals surface area contributed by atoms with Gasteiger partial charge in [-0.25, -0.2) is 0 Å². The Hall–Kier alpha value is -0.770. The molecule has 1 aliphatic carbocycles. The first-order valence-corrected chi connectivity index (χ1v) is 5.35. The quantitative estimate of drug-likeness (QED) is 0.509. The van der Waals surface area contributed by atoms with E-state index in [1.54, 1.807) is 7.11 Å². The molecule has 0 spiro atoms. The molecule has 0 aliphatic heterocycles. The van der Waals surface area contributed by atoms with E-state index in [1.165, 1.54) is 12.8 Å². The Morgan fingerprint density at radius 1 is 1.57 bits per heavy atom. The van der Waals surface area contributed by atoms with Crippen molar-refractivity contribution in [2.24, 2.45) is 10.7 Å². The first-order chi connectivity index (χ1) is 6.79. The van der Waals surface area contributed by atoms with E-state index in [2.05, 4.69) is 16.8 Å². The molecule has 14 heavy (non-hydrogen) atoms. The van der Waals surface area contributed by atoms with Crippen molar-refractivity contribution in [1.29, 1.82) is 0 Å². The summed E-state index contributed by atoms with van der Waals surface area (Å²) >= 11 is 0. The summed E-state index contributed by atoms with van der Waals surface area (Å²) in [7, 11) is 1.71. The molecular formula is C10H21N3O. The van der Waals surface area contributed by atoms with Crippen LogP contribution >= 0.6 is 0 Å². The van der Waals surface area contributed by atoms with Crippen molar-refractivity contribution in [2.75, 3.05) is 26.8 Å². The number of ether oxygens (including phenoxy) is 1. The van der Waals surface area contributed by atoms with Gasteiger partial charge in [-0.3, -0.25) is 4.99 Å². The van der Waals surface area contributed by atoms with E-state index in [9.17, 15) is 0 Å². The molecule has 0 bridgehead atoms. The Bertz CT molecular complexity index is 190. The van der Waals surface area contributed by atoms with Crippen molar-refractivity contribution < 1.29 is 4.74 Å². The number of aliphatic imine (C=N–C) groups is 1. The van der Waals surface area contributed by atoms with Crippen LogP contribution in [-0.4, -0.2) is 43.7 Å². The fourth-order valence-electron chi connectivity index (χ4n) is 1.38. The summed E-state index contributed by atoms with van der Waals surface area (Å²) in [5, 5.41) is 0. The van der Waals surface area contributed by atoms with E-state index in [-0.39, 0.29) is 0 Å². The molecule has 0 atom stereocenters. The van der Waals surface area contributed by atoms with Crippen LogP contribution in [0.4, 0.5) is 0 Å². The molecule has 82 valence electrons. The Balaban J connectivity index is 2.39. The molecule has 0 radical (unpaired) electrons. The lowest BCUT2D eigenvalue weighted by molar-refractivity contribution is 0.173. The van der Waals surface area contributed by atoms with Gasteiger partial charge in [-0.1, -0.05) is 6.92 Å². The molecule has 0 heterocycles. The Labute approximate surface area is 86.1 Å². The highest BCUT2D eigenvalue weighted by atomic mass is 16.5. The van der Waals surface area contributed by atoms with Gasteiger partial charge >= 0.3 is 0 Å². The Morgan fingerprint density at radius 3 is 2.79 bits per heavy atom. The minimum Gasteiger partial charge on any atom is -0.383 e. The summed E-state index contributed by atoms with van der Waals surface area (Å²) < 4.78 is 5.05. The van der Waals surface area contributed by atoms with Gasteiger partial charge in [-0.2, -0.15) is 0 Å². The fraction of sp³-hybridized carbons (Fsp3) is 0.900. The molecule has 4 nitrogen and oxygen atoms in total. The van der Waals surface area contributed by atoms with Crippen LogP contribution in [0, 0.1) is 0 Å². The number of methoxy groups -OCH3 is 1. The van der Waals surface area contributed by atoms with Gasteiger partial charge in [0.1, 0.15) is 0 Å². The van der Waals surface area contributed by atoms with E-state index in [1.807, 2.05) is 0 Å². The molecule has 0 aromatic carbocycles. The molecule has 0 aromatic heterocycles. The number of guanidine groups is 1. The second kappa shape index (κ2) is 5.86. The minimum atomic E-state index is 0.616. The highest BCUT2D eigenvalue weighted by Crippen LogP contribution is 2.26. The molecule has 0 aromatic rings. The maximum atomic E-state index is 5.91. The van der Waals surface area contributed by atoms with E-state index < -0.39 is 0 Å². The first kappa shape index (κ1) is 11.3. The minimum absolute atomic E-state index is 0.616. The summed E-state index contributed by atoms with van der Waals surface area (Å²) in [6.45, 7) is 4.51. The predicted molar refractivity (Wildman–Crippen MR) is 58.4 cm³/mol. The maximum Gasteiger partial charge on any atom is 0.191 e. The van der Waals surface area contributed by atoms with Crippen LogP contribution in [0.2, 0.25) is 0 Å². The summed E-state index contributed by atoms with van der Waals surface area (Å²) in [5.41, 5.74) is 5.91. The molecule has 2 N–H and O–H groups in total. The number of nitrogens with two attached hydrogens (primary N) is 1. The van der Waals surface area contributed by atoms with Gasteiger partial charge in [0.05, 0.1) is 6.61 Å². The smallest absolute Gasteiger partial charge is 0.191 e. The molecule has 0 unspecified atom stereocenters. The second-order valence-electron chi connectivity index (χ2n) is 3.66. The summed E-state index contributed by atoms with van der Waals surface area (Å²) in [5.74, 6) is 0.686. The van der Waals surface area contributed by atoms with Gasteiger partial charge in [0.25, 0.3) is 0 Å². The topological polar surface area (TPSA) is 50.8 Å². The molecule has 1 rings (SSSR count). The van der Waals surface area contributed by atoms with Crippen molar-refractivity contribution in [3.8, 4) is 0 Å². The zero-order valence-corrected chi connectivity index (χ0v) is 9.20. The normalized spacial score (nSPS) is 17.1. The highest BCUT2D eigenvalue weighted by Gasteiger charge is 2.29. The molecular weight excluding hydrogens is 178 g/mol. The van der Waals surface area contributed by atoms with Crippen molar-refractivity contribution in [2.45, 2.75) is 32.2 Å². The number of hydrogen-bond donors (Lipinski definition) is 1. The number of hydrogen-bond acceptors (Lipinski definition) is 2. The predicted octanol–water partition coefficient (Wildman–Crippen LogP) is 0.822. The van der Waals surface area contributed by atoms with E-state index in [0.717, 1.165) is 26.1 Å². The molecule has 1 fully saturated rings. The average Bonchev–Trinajstić information content (AvgIpc) is 2.99. The Kier molecular flexibility index (Phi) is 4.73. The summed E-state index contributed by atoms with van der Waals surface area (Å²) in [4.78, 5) is 6.49. The van der Waals surface area contributed by atoms with Gasteiger partial charge < -0.3 is 15.4 Å². The molecule has 1 saturated carbocycles. The van der Waals surface area contributed by atoms with E-state index in [4.69, 9.17) is 10.5 Å². The summed E-state index contributed by atoms with van der Waals surface area (Å²) in [6, 6.07) is 0.616. The third-order valence-electron chi connectivity index (χ3n) is 2.32. The van der Waals surface area contributed by atoms with Gasteiger partial charge in [0.15, 0.2) is 5.96 Å². The van der Waals surface area contributed by atoms with Gasteiger partial charge in [-0.15, -0.1) is 0 Å². The third-order valence-corrected chi connectivity index (χ3v) is 2.32. The highest BCUT2D eigenvalue weighted by molar-refractivity contribution is 5.78. The van der Waals surface area contributed by atoms with Gasteiger partial charge in [0, 0.05) is 26.2 Å². The lowest BCUT2D eigenvalue weighted by Gasteiger charge is -2.22. The molecule has 1 aliphatic rings. The average molecular weight is 199 g/mol. The van der Waals surface area contributed by atoms with Crippen LogP contribution < -0.4 is 5.73 Å². The molecule has 0 amide bonds. The first-order valence-electron chi connectivity index (χ1n) is 5.35. The third kappa shape index (κ3) is 3.54. The largest absolute Gasteiger partial charge is 0.383 e. The monoisotopic (exact) mass is 199 g/mol. The van der Waals surface area contributed by atoms with E-state index >= 15 is 0 Å². The molecule has 4 heteroatoms. The van der Waals surface area contributed by atoms with Crippen LogP contribution in [0.15, 0.2) is 4.99 Å². The van der Waals surface area contributed by atoms with Crippen LogP contribution in [0.25, 0.3) is 0 Å². The Morgan fingerprint density at radius 2 is 2.29 bits per heavy atom. The maximum absolute atomic E-state index is 5.91. The van der Waals surface area contributed by atoms with Gasteiger partial charge in [-0.05, 0) is 19.3 Å². The standard InChI is InChI=1S/C10H21N3O/c1-3-6-12-10(11)13(7-8-14-2)9-4-5-9/h9H,3-8H2,1-2H3,(H2,11,12). The fourth-order valence-corrected chi connectivity index (χ4v) is 1.38. The summed E-state index contributed by atoms with van der Waals surface area (Å²) in [6.07, 6.45) is 3.53. The van der Waals surface area contributed by atoms with Crippen molar-refractivity contribution >= 4 is 5.96 Å². The lowest BCUT2D eigenvalue weighted by atomic mass is 10.5. The lowest BCUT2D eigenvalue weighted by Crippen LogP contribution is -2.41. The van der Waals surface area contributed by atoms with Crippen molar-refractivity contribution in [3.05, 3.63) is 0 Å². The van der Waals surface area contributed by atoms with Crippen molar-refractivity contribution in [3.63, 3.8) is 0 Å². The van der Waals surface area contributed by atoms with Crippen LogP contribution in [-0.2, 0) is 4.74 Å². The van der Waals surface area contributed by atoms with E-state index in [0.29, 0.717) is 12.0 Å². The number of nitrogens with zero attached hydrogens (tertiary/aromatic N) is 2. The zero-order chi connectivity index (χ0) is 10.4. The SMILES string of the molecule is CCCN=C(N)N(CCOC)C1CC1. The number of rotatable bonds is 6. The zero-order valence-electron chi connectivity index (χ0n) is 9.20.